The number of aryl methyl sites for hydroxylation is 3. The summed E-state index contributed by atoms with van der Waals surface area (Å²) in [6.45, 7) is 11.5. The fraction of sp³-hybridized carbons (Fsp3) is 0.355. The third-order valence-electron chi connectivity index (χ3n) is 7.63. The van der Waals surface area contributed by atoms with Gasteiger partial charge in [0.05, 0.1) is 18.3 Å². The predicted octanol–water partition coefficient (Wildman–Crippen LogP) is 5.11. The van der Waals surface area contributed by atoms with E-state index in [2.05, 4.69) is 103 Å². The molecule has 5 nitrogen and oxygen atoms in total. The monoisotopic (exact) mass is 480 g/mol. The lowest BCUT2D eigenvalue weighted by molar-refractivity contribution is -0.134. The van der Waals surface area contributed by atoms with Gasteiger partial charge in [-0.15, -0.1) is 0 Å². The molecule has 2 heterocycles. The quantitative estimate of drug-likeness (QED) is 0.492. The molecule has 0 bridgehead atoms. The first-order valence-electron chi connectivity index (χ1n) is 13.0. The van der Waals surface area contributed by atoms with Gasteiger partial charge in [0.1, 0.15) is 0 Å². The number of hydrogen-bond donors (Lipinski definition) is 0. The molecule has 0 aliphatic carbocycles. The lowest BCUT2D eigenvalue weighted by Gasteiger charge is -2.35. The summed E-state index contributed by atoms with van der Waals surface area (Å²) in [7, 11) is 0. The first kappa shape index (κ1) is 24.4. The van der Waals surface area contributed by atoms with Crippen LogP contribution in [-0.4, -0.2) is 59.2 Å². The third kappa shape index (κ3) is 5.43. The van der Waals surface area contributed by atoms with Crippen LogP contribution in [0.15, 0.2) is 77.9 Å². The van der Waals surface area contributed by atoms with Crippen LogP contribution in [0.25, 0.3) is 0 Å². The van der Waals surface area contributed by atoms with Crippen LogP contribution in [0.3, 0.4) is 0 Å². The maximum absolute atomic E-state index is 13.6. The second-order valence-corrected chi connectivity index (χ2v) is 10.2. The van der Waals surface area contributed by atoms with Gasteiger partial charge in [0.15, 0.2) is 0 Å². The van der Waals surface area contributed by atoms with Gasteiger partial charge in [-0.3, -0.25) is 14.6 Å². The third-order valence-corrected chi connectivity index (χ3v) is 7.63. The maximum atomic E-state index is 13.6. The molecule has 1 amide bonds. The number of carbonyl (C=O) groups excluding carboxylic acids is 1. The first-order valence-corrected chi connectivity index (χ1v) is 13.0. The highest BCUT2D eigenvalue weighted by atomic mass is 16.2. The minimum absolute atomic E-state index is 0.0605. The summed E-state index contributed by atoms with van der Waals surface area (Å²) < 4.78 is 0. The van der Waals surface area contributed by atoms with Crippen molar-refractivity contribution >= 4 is 11.6 Å². The molecule has 0 radical (unpaired) electrons. The number of hydrazone groups is 1. The predicted molar refractivity (Wildman–Crippen MR) is 146 cm³/mol. The molecule has 1 fully saturated rings. The SMILES string of the molecule is Cc1ccc(C2=NN(C(=O)CN3CCN(Cc4ccccc4)CC3)[C@H](c3ccccc3C)C2)cc1C. The molecule has 3 aromatic rings. The number of piperazine rings is 1. The fourth-order valence-corrected chi connectivity index (χ4v) is 5.25. The Morgan fingerprint density at radius 2 is 1.50 bits per heavy atom. The van der Waals surface area contributed by atoms with Gasteiger partial charge in [-0.1, -0.05) is 66.7 Å². The van der Waals surface area contributed by atoms with Crippen molar-refractivity contribution in [2.45, 2.75) is 39.8 Å². The van der Waals surface area contributed by atoms with Crippen LogP contribution in [0.1, 0.15) is 45.8 Å². The van der Waals surface area contributed by atoms with Gasteiger partial charge in [0.25, 0.3) is 5.91 Å². The van der Waals surface area contributed by atoms with E-state index in [-0.39, 0.29) is 11.9 Å². The Bertz CT molecular complexity index is 1240. The molecule has 5 rings (SSSR count). The first-order chi connectivity index (χ1) is 17.5. The molecule has 0 aromatic heterocycles. The van der Waals surface area contributed by atoms with E-state index < -0.39 is 0 Å². The highest BCUT2D eigenvalue weighted by Gasteiger charge is 2.34. The van der Waals surface area contributed by atoms with Crippen LogP contribution in [0.5, 0.6) is 0 Å². The number of amides is 1. The molecule has 0 N–H and O–H groups in total. The normalized spacial score (nSPS) is 18.9. The molecule has 2 aliphatic rings. The van der Waals surface area contributed by atoms with Gasteiger partial charge in [-0.2, -0.15) is 5.10 Å². The molecule has 186 valence electrons. The number of nitrogens with zero attached hydrogens (tertiary/aromatic N) is 4. The van der Waals surface area contributed by atoms with Gasteiger partial charge >= 0.3 is 0 Å². The Kier molecular flexibility index (Phi) is 7.30. The smallest absolute Gasteiger partial charge is 0.257 e. The fourth-order valence-electron chi connectivity index (χ4n) is 5.25. The standard InChI is InChI=1S/C31H36N4O/c1-23-13-14-27(19-25(23)3)29-20-30(28-12-8-7-9-24(28)2)35(32-29)31(36)22-34-17-15-33(16-18-34)21-26-10-5-4-6-11-26/h4-14,19,30H,15-18,20-22H2,1-3H3/t30-/m0/s1. The van der Waals surface area contributed by atoms with Crippen molar-refractivity contribution < 1.29 is 4.79 Å². The van der Waals surface area contributed by atoms with Crippen molar-refractivity contribution in [3.63, 3.8) is 0 Å². The van der Waals surface area contributed by atoms with Crippen molar-refractivity contribution in [3.05, 3.63) is 106 Å². The lowest BCUT2D eigenvalue weighted by Crippen LogP contribution is -2.49. The lowest BCUT2D eigenvalue weighted by atomic mass is 9.94. The van der Waals surface area contributed by atoms with E-state index in [0.29, 0.717) is 6.54 Å². The van der Waals surface area contributed by atoms with E-state index >= 15 is 0 Å². The Morgan fingerprint density at radius 1 is 0.806 bits per heavy atom. The van der Waals surface area contributed by atoms with Crippen molar-refractivity contribution in [3.8, 4) is 0 Å². The zero-order chi connectivity index (χ0) is 25.1. The van der Waals surface area contributed by atoms with E-state index in [0.717, 1.165) is 50.4 Å². The molecule has 0 unspecified atom stereocenters. The summed E-state index contributed by atoms with van der Waals surface area (Å²) in [6.07, 6.45) is 0.740. The molecule has 5 heteroatoms. The van der Waals surface area contributed by atoms with Gasteiger partial charge in [0, 0.05) is 39.1 Å². The van der Waals surface area contributed by atoms with Crippen molar-refractivity contribution in [1.29, 1.82) is 0 Å². The van der Waals surface area contributed by atoms with Crippen LogP contribution in [0.4, 0.5) is 0 Å². The van der Waals surface area contributed by atoms with Crippen molar-refractivity contribution in [2.24, 2.45) is 5.10 Å². The topological polar surface area (TPSA) is 39.2 Å². The average molecular weight is 481 g/mol. The van der Waals surface area contributed by atoms with Crippen LogP contribution >= 0.6 is 0 Å². The van der Waals surface area contributed by atoms with E-state index in [9.17, 15) is 4.79 Å². The van der Waals surface area contributed by atoms with Crippen LogP contribution in [0, 0.1) is 20.8 Å². The Hall–Kier alpha value is -3.28. The Balaban J connectivity index is 1.29. The van der Waals surface area contributed by atoms with E-state index in [1.165, 1.54) is 27.8 Å². The summed E-state index contributed by atoms with van der Waals surface area (Å²) in [5.41, 5.74) is 8.35. The minimum Gasteiger partial charge on any atom is -0.297 e. The van der Waals surface area contributed by atoms with Crippen molar-refractivity contribution in [1.82, 2.24) is 14.8 Å². The Morgan fingerprint density at radius 3 is 2.22 bits per heavy atom. The van der Waals surface area contributed by atoms with Gasteiger partial charge in [-0.05, 0) is 60.2 Å². The highest BCUT2D eigenvalue weighted by Crippen LogP contribution is 2.34. The van der Waals surface area contributed by atoms with Gasteiger partial charge in [-0.25, -0.2) is 5.01 Å². The van der Waals surface area contributed by atoms with Crippen LogP contribution in [-0.2, 0) is 11.3 Å². The van der Waals surface area contributed by atoms with Crippen LogP contribution < -0.4 is 0 Å². The van der Waals surface area contributed by atoms with E-state index in [4.69, 9.17) is 5.10 Å². The second kappa shape index (κ2) is 10.8. The summed E-state index contributed by atoms with van der Waals surface area (Å²) in [4.78, 5) is 18.4. The number of hydrogen-bond acceptors (Lipinski definition) is 4. The van der Waals surface area contributed by atoms with Crippen LogP contribution in [0.2, 0.25) is 0 Å². The van der Waals surface area contributed by atoms with Crippen molar-refractivity contribution in [2.75, 3.05) is 32.7 Å². The molecule has 36 heavy (non-hydrogen) atoms. The summed E-state index contributed by atoms with van der Waals surface area (Å²) in [6, 6.07) is 25.4. The molecule has 0 spiro atoms. The zero-order valence-corrected chi connectivity index (χ0v) is 21.7. The molecule has 3 aromatic carbocycles. The summed E-state index contributed by atoms with van der Waals surface area (Å²) >= 11 is 0. The molecule has 1 saturated heterocycles. The van der Waals surface area contributed by atoms with Gasteiger partial charge in [0.2, 0.25) is 0 Å². The van der Waals surface area contributed by atoms with Gasteiger partial charge < -0.3 is 0 Å². The highest BCUT2D eigenvalue weighted by molar-refractivity contribution is 6.03. The number of rotatable bonds is 6. The maximum Gasteiger partial charge on any atom is 0.257 e. The Labute approximate surface area is 215 Å². The molecule has 0 saturated carbocycles. The zero-order valence-electron chi connectivity index (χ0n) is 21.7. The average Bonchev–Trinajstić information content (AvgIpc) is 3.33. The molecule has 2 aliphatic heterocycles. The minimum atomic E-state index is -0.0605. The largest absolute Gasteiger partial charge is 0.297 e. The summed E-state index contributed by atoms with van der Waals surface area (Å²) in [5, 5.41) is 6.69. The second-order valence-electron chi connectivity index (χ2n) is 10.2. The molecular formula is C31H36N4O. The summed E-state index contributed by atoms with van der Waals surface area (Å²) in [5.74, 6) is 0.0820. The number of benzene rings is 3. The number of carbonyl (C=O) groups is 1. The van der Waals surface area contributed by atoms with E-state index in [1.54, 1.807) is 5.01 Å². The molecular weight excluding hydrogens is 444 g/mol. The van der Waals surface area contributed by atoms with E-state index in [1.807, 2.05) is 0 Å². The molecule has 1 atom stereocenters.